The van der Waals surface area contributed by atoms with E-state index in [9.17, 15) is 20.0 Å². The molecule has 0 radical (unpaired) electrons. The average Bonchev–Trinajstić information content (AvgIpc) is 3.32. The first-order valence-corrected chi connectivity index (χ1v) is 11.2. The van der Waals surface area contributed by atoms with Gasteiger partial charge in [0.05, 0.1) is 12.0 Å². The number of benzene rings is 2. The number of nitrogens with zero attached hydrogens (tertiary/aromatic N) is 2. The first-order valence-electron chi connectivity index (χ1n) is 10.4. The van der Waals surface area contributed by atoms with E-state index in [2.05, 4.69) is 6.07 Å². The van der Waals surface area contributed by atoms with E-state index < -0.39 is 44.9 Å². The molecule has 1 N–H and O–H groups in total. The standard InChI is InChI=1S/C26H20Cl2N2O5/c1-25(2)21(11-12-22(31)35-20(15-30)23(27)28)26(25,24(32)33)19(14-29)16-7-6-10-18(13-16)34-17-8-4-3-5-9-17/h3-13,19,21H,1-2H3,(H,32,33)/t19-,21-,26+/m0/s1. The SMILES string of the molecule is CC1(C)[C@H](C=CC(=O)OC(C#N)=C(Cl)Cl)[C@@]1(C(=O)O)[C@@H](C#N)c1cccc(Oc2ccccc2)c1. The Bertz CT molecular complexity index is 1290. The van der Waals surface area contributed by atoms with Crippen LogP contribution in [0.2, 0.25) is 0 Å². The molecule has 0 aliphatic heterocycles. The van der Waals surface area contributed by atoms with Gasteiger partial charge < -0.3 is 14.6 Å². The van der Waals surface area contributed by atoms with Crippen LogP contribution >= 0.6 is 23.2 Å². The molecule has 0 saturated heterocycles. The molecule has 0 bridgehead atoms. The Hall–Kier alpha value is -3.78. The maximum absolute atomic E-state index is 12.6. The van der Waals surface area contributed by atoms with Crippen LogP contribution in [0.15, 0.2) is 77.0 Å². The van der Waals surface area contributed by atoms with Gasteiger partial charge in [0.2, 0.25) is 5.76 Å². The van der Waals surface area contributed by atoms with Gasteiger partial charge in [-0.15, -0.1) is 0 Å². The van der Waals surface area contributed by atoms with E-state index in [0.717, 1.165) is 6.08 Å². The molecule has 0 aromatic heterocycles. The minimum absolute atomic E-state index is 0.456. The summed E-state index contributed by atoms with van der Waals surface area (Å²) in [4.78, 5) is 24.7. The third kappa shape index (κ3) is 4.88. The molecule has 0 heterocycles. The maximum atomic E-state index is 12.6. The summed E-state index contributed by atoms with van der Waals surface area (Å²) in [6.07, 6.45) is 2.39. The topological polar surface area (TPSA) is 120 Å². The summed E-state index contributed by atoms with van der Waals surface area (Å²) in [6.45, 7) is 3.43. The van der Waals surface area contributed by atoms with E-state index in [1.54, 1.807) is 56.3 Å². The average molecular weight is 511 g/mol. The lowest BCUT2D eigenvalue weighted by atomic mass is 9.78. The molecule has 1 saturated carbocycles. The number of hydrogen-bond donors (Lipinski definition) is 1. The number of hydrogen-bond acceptors (Lipinski definition) is 6. The van der Waals surface area contributed by atoms with Crippen LogP contribution in [-0.4, -0.2) is 17.0 Å². The van der Waals surface area contributed by atoms with Crippen molar-refractivity contribution in [1.82, 2.24) is 0 Å². The summed E-state index contributed by atoms with van der Waals surface area (Å²) in [6, 6.07) is 19.5. The number of halogens is 2. The molecule has 0 amide bonds. The van der Waals surface area contributed by atoms with Gasteiger partial charge in [-0.05, 0) is 35.2 Å². The number of carbonyl (C=O) groups is 2. The van der Waals surface area contributed by atoms with Gasteiger partial charge in [0.1, 0.15) is 23.0 Å². The Morgan fingerprint density at radius 1 is 1.09 bits per heavy atom. The highest BCUT2D eigenvalue weighted by Crippen LogP contribution is 2.75. The molecule has 1 aliphatic rings. The molecule has 178 valence electrons. The van der Waals surface area contributed by atoms with Crippen molar-refractivity contribution in [3.05, 3.63) is 82.6 Å². The van der Waals surface area contributed by atoms with E-state index in [1.807, 2.05) is 18.2 Å². The second-order valence-electron chi connectivity index (χ2n) is 8.40. The number of carboxylic acids is 1. The Morgan fingerprint density at radius 3 is 2.31 bits per heavy atom. The highest BCUT2D eigenvalue weighted by atomic mass is 35.5. The minimum Gasteiger partial charge on any atom is -0.481 e. The van der Waals surface area contributed by atoms with Crippen molar-refractivity contribution in [2.24, 2.45) is 16.7 Å². The van der Waals surface area contributed by atoms with Crippen LogP contribution in [-0.2, 0) is 14.3 Å². The van der Waals surface area contributed by atoms with E-state index in [4.69, 9.17) is 37.9 Å². The van der Waals surface area contributed by atoms with E-state index in [0.29, 0.717) is 17.1 Å². The quantitative estimate of drug-likeness (QED) is 0.197. The molecule has 1 fully saturated rings. The molecule has 1 aliphatic carbocycles. The van der Waals surface area contributed by atoms with Crippen molar-refractivity contribution >= 4 is 35.1 Å². The molecule has 3 rings (SSSR count). The van der Waals surface area contributed by atoms with Crippen molar-refractivity contribution in [3.63, 3.8) is 0 Å². The van der Waals surface area contributed by atoms with Crippen molar-refractivity contribution in [2.45, 2.75) is 19.8 Å². The lowest BCUT2D eigenvalue weighted by Gasteiger charge is -2.22. The van der Waals surface area contributed by atoms with Gasteiger partial charge in [-0.25, -0.2) is 4.79 Å². The van der Waals surface area contributed by atoms with Gasteiger partial charge >= 0.3 is 11.9 Å². The number of rotatable bonds is 8. The van der Waals surface area contributed by atoms with Gasteiger partial charge in [-0.1, -0.05) is 73.5 Å². The van der Waals surface area contributed by atoms with Gasteiger partial charge in [0.25, 0.3) is 0 Å². The number of nitriles is 2. The van der Waals surface area contributed by atoms with Crippen molar-refractivity contribution in [1.29, 1.82) is 10.5 Å². The van der Waals surface area contributed by atoms with Crippen LogP contribution in [0, 0.1) is 39.4 Å². The second-order valence-corrected chi connectivity index (χ2v) is 9.35. The zero-order chi connectivity index (χ0) is 25.8. The first-order chi connectivity index (χ1) is 16.6. The molecule has 9 heteroatoms. The molecule has 2 aromatic carbocycles. The minimum atomic E-state index is -1.53. The molecule has 35 heavy (non-hydrogen) atoms. The van der Waals surface area contributed by atoms with Crippen LogP contribution < -0.4 is 4.74 Å². The predicted octanol–water partition coefficient (Wildman–Crippen LogP) is 6.08. The number of esters is 1. The van der Waals surface area contributed by atoms with Crippen LogP contribution in [0.4, 0.5) is 0 Å². The second kappa shape index (κ2) is 10.2. The summed E-state index contributed by atoms with van der Waals surface area (Å²) < 4.78 is 10.1. The van der Waals surface area contributed by atoms with E-state index >= 15 is 0 Å². The molecule has 0 spiro atoms. The zero-order valence-corrected chi connectivity index (χ0v) is 20.2. The smallest absolute Gasteiger partial charge is 0.336 e. The fraction of sp³-hybridized carbons (Fsp3) is 0.231. The summed E-state index contributed by atoms with van der Waals surface area (Å²) >= 11 is 11.0. The van der Waals surface area contributed by atoms with E-state index in [-0.39, 0.29) is 0 Å². The third-order valence-electron chi connectivity index (χ3n) is 6.26. The Balaban J connectivity index is 1.92. The summed E-state index contributed by atoms with van der Waals surface area (Å²) in [7, 11) is 0. The van der Waals surface area contributed by atoms with Crippen LogP contribution in [0.3, 0.4) is 0 Å². The molecule has 0 unspecified atom stereocenters. The fourth-order valence-electron chi connectivity index (χ4n) is 4.55. The van der Waals surface area contributed by atoms with E-state index in [1.165, 1.54) is 6.08 Å². The summed E-state index contributed by atoms with van der Waals surface area (Å²) in [5.41, 5.74) is -1.94. The molecular weight excluding hydrogens is 491 g/mol. The Kier molecular flexibility index (Phi) is 7.55. The molecule has 3 atom stereocenters. The van der Waals surface area contributed by atoms with Crippen LogP contribution in [0.1, 0.15) is 25.3 Å². The Labute approximate surface area is 212 Å². The molecular formula is C26H20Cl2N2O5. The number of ether oxygens (including phenoxy) is 2. The van der Waals surface area contributed by atoms with Crippen molar-refractivity contribution < 1.29 is 24.2 Å². The zero-order valence-electron chi connectivity index (χ0n) is 18.7. The van der Waals surface area contributed by atoms with Gasteiger partial charge in [0.15, 0.2) is 4.49 Å². The number of carbonyl (C=O) groups excluding carboxylic acids is 1. The molecule has 7 nitrogen and oxygen atoms in total. The van der Waals surface area contributed by atoms with Gasteiger partial charge in [-0.3, -0.25) is 4.79 Å². The number of aliphatic carboxylic acids is 1. The highest BCUT2D eigenvalue weighted by Gasteiger charge is 2.78. The third-order valence-corrected chi connectivity index (χ3v) is 6.60. The lowest BCUT2D eigenvalue weighted by Crippen LogP contribution is -2.28. The highest BCUT2D eigenvalue weighted by molar-refractivity contribution is 6.56. The lowest BCUT2D eigenvalue weighted by molar-refractivity contribution is -0.145. The normalized spacial score (nSPS) is 20.7. The molecule has 2 aromatic rings. The van der Waals surface area contributed by atoms with Crippen LogP contribution in [0.5, 0.6) is 11.5 Å². The number of allylic oxidation sites excluding steroid dienone is 2. The van der Waals surface area contributed by atoms with Crippen LogP contribution in [0.25, 0.3) is 0 Å². The number of carboxylic acid groups (broad SMARTS) is 1. The largest absolute Gasteiger partial charge is 0.481 e. The van der Waals surface area contributed by atoms with Gasteiger partial charge in [0, 0.05) is 12.0 Å². The monoisotopic (exact) mass is 510 g/mol. The number of para-hydroxylation sites is 1. The van der Waals surface area contributed by atoms with Crippen molar-refractivity contribution in [3.8, 4) is 23.6 Å². The summed E-state index contributed by atoms with van der Waals surface area (Å²) in [5.74, 6) is -3.39. The fourth-order valence-corrected chi connectivity index (χ4v) is 4.71. The van der Waals surface area contributed by atoms with Gasteiger partial charge in [-0.2, -0.15) is 10.5 Å². The first kappa shape index (κ1) is 25.8. The van der Waals surface area contributed by atoms with Crippen molar-refractivity contribution in [2.75, 3.05) is 0 Å². The Morgan fingerprint density at radius 2 is 1.74 bits per heavy atom. The maximum Gasteiger partial charge on any atom is 0.336 e. The predicted molar refractivity (Wildman–Crippen MR) is 128 cm³/mol. The summed E-state index contributed by atoms with van der Waals surface area (Å²) in [5, 5.41) is 29.3.